The summed E-state index contributed by atoms with van der Waals surface area (Å²) in [6, 6.07) is 3.36. The van der Waals surface area contributed by atoms with Crippen LogP contribution in [0.4, 0.5) is 8.78 Å². The van der Waals surface area contributed by atoms with Gasteiger partial charge in [-0.15, -0.1) is 0 Å². The zero-order valence-electron chi connectivity index (χ0n) is 14.2. The third kappa shape index (κ3) is 3.31. The Morgan fingerprint density at radius 1 is 1.28 bits per heavy atom. The van der Waals surface area contributed by atoms with Crippen molar-refractivity contribution in [3.63, 3.8) is 0 Å². The van der Waals surface area contributed by atoms with Crippen molar-refractivity contribution in [2.75, 3.05) is 0 Å². The molecule has 2 fully saturated rings. The second kappa shape index (κ2) is 6.85. The lowest BCUT2D eigenvalue weighted by Gasteiger charge is -2.42. The minimum absolute atomic E-state index is 0.0566. The van der Waals surface area contributed by atoms with Gasteiger partial charge in [-0.3, -0.25) is 4.55 Å². The van der Waals surface area contributed by atoms with E-state index in [1.165, 1.54) is 0 Å². The molecule has 1 heterocycles. The van der Waals surface area contributed by atoms with Crippen LogP contribution in [-0.2, 0) is 24.4 Å². The molecule has 3 aliphatic rings. The number of alkyl halides is 2. The first-order chi connectivity index (χ1) is 13.4. The molecule has 1 N–H and O–H groups in total. The second-order valence-corrected chi connectivity index (χ2v) is 10.8. The predicted octanol–water partition coefficient (Wildman–Crippen LogP) is 2.96. The van der Waals surface area contributed by atoms with Crippen molar-refractivity contribution in [1.82, 2.24) is 0 Å². The topological polar surface area (TPSA) is 116 Å². The summed E-state index contributed by atoms with van der Waals surface area (Å²) in [6.45, 7) is 0. The van der Waals surface area contributed by atoms with Gasteiger partial charge in [0.1, 0.15) is 11.7 Å². The second-order valence-electron chi connectivity index (χ2n) is 7.11. The van der Waals surface area contributed by atoms with Gasteiger partial charge < -0.3 is 14.2 Å². The number of carbonyl (C=O) groups excluding carboxylic acids is 2. The highest BCUT2D eigenvalue weighted by Gasteiger charge is 2.64. The van der Waals surface area contributed by atoms with Crippen LogP contribution in [0.2, 0.25) is 0 Å². The number of ether oxygens (including phenoxy) is 3. The standard InChI is InChI=1S/C16H12F2I2O8S/c17-16(18,29(23,24)25)14(22)26-10-4-7-3-6(10)5-15(7)27-12-8(13(21)28-15)1-2-9(19)11(12)20/h1-2,6-7,10H,3-5H2,(H,23,24,25). The number of hydrogen-bond donors (Lipinski definition) is 1. The van der Waals surface area contributed by atoms with Gasteiger partial charge in [-0.1, -0.05) is 0 Å². The Morgan fingerprint density at radius 3 is 2.55 bits per heavy atom. The van der Waals surface area contributed by atoms with E-state index in [9.17, 15) is 26.8 Å². The Bertz CT molecular complexity index is 1030. The van der Waals surface area contributed by atoms with E-state index in [0.29, 0.717) is 17.7 Å². The van der Waals surface area contributed by atoms with Crippen LogP contribution >= 0.6 is 45.2 Å². The summed E-state index contributed by atoms with van der Waals surface area (Å²) in [5, 5.41) is -5.05. The van der Waals surface area contributed by atoms with Crippen molar-refractivity contribution in [2.45, 2.75) is 36.4 Å². The highest BCUT2D eigenvalue weighted by Crippen LogP contribution is 2.56. The van der Waals surface area contributed by atoms with Crippen molar-refractivity contribution in [2.24, 2.45) is 11.8 Å². The molecule has 0 radical (unpaired) electrons. The quantitative estimate of drug-likeness (QED) is 0.300. The normalized spacial score (nSPS) is 30.7. The molecule has 2 saturated carbocycles. The number of halogens is 4. The molecule has 0 saturated heterocycles. The third-order valence-electron chi connectivity index (χ3n) is 5.43. The third-order valence-corrected chi connectivity index (χ3v) is 9.25. The van der Waals surface area contributed by atoms with Gasteiger partial charge in [-0.2, -0.15) is 17.2 Å². The molecular formula is C16H12F2I2O8S. The van der Waals surface area contributed by atoms with E-state index in [2.05, 4.69) is 49.9 Å². The van der Waals surface area contributed by atoms with Crippen LogP contribution in [0.15, 0.2) is 12.1 Å². The molecule has 158 valence electrons. The fourth-order valence-electron chi connectivity index (χ4n) is 4.10. The first-order valence-electron chi connectivity index (χ1n) is 8.32. The lowest BCUT2D eigenvalue weighted by atomic mass is 9.90. The Kier molecular flexibility index (Phi) is 5.06. The van der Waals surface area contributed by atoms with Crippen LogP contribution < -0.4 is 4.74 Å². The zero-order chi connectivity index (χ0) is 21.4. The largest absolute Gasteiger partial charge is 0.465 e. The number of esters is 2. The van der Waals surface area contributed by atoms with Crippen LogP contribution in [0, 0.1) is 19.0 Å². The number of benzene rings is 1. The van der Waals surface area contributed by atoms with Gasteiger partial charge in [0.25, 0.3) is 5.79 Å². The molecule has 4 unspecified atom stereocenters. The Balaban J connectivity index is 1.53. The summed E-state index contributed by atoms with van der Waals surface area (Å²) in [4.78, 5) is 24.1. The molecule has 1 aromatic rings. The average molecular weight is 656 g/mol. The maximum atomic E-state index is 13.5. The van der Waals surface area contributed by atoms with Crippen LogP contribution in [0.5, 0.6) is 5.75 Å². The van der Waals surface area contributed by atoms with Gasteiger partial charge in [0.2, 0.25) is 0 Å². The monoisotopic (exact) mass is 656 g/mol. The van der Waals surface area contributed by atoms with Crippen LogP contribution in [0.1, 0.15) is 29.6 Å². The molecule has 0 amide bonds. The molecule has 13 heteroatoms. The van der Waals surface area contributed by atoms with E-state index in [1.54, 1.807) is 12.1 Å². The number of hydrogen-bond acceptors (Lipinski definition) is 7. The Labute approximate surface area is 190 Å². The number of rotatable bonds is 3. The summed E-state index contributed by atoms with van der Waals surface area (Å²) in [5.41, 5.74) is 0.291. The van der Waals surface area contributed by atoms with E-state index < -0.39 is 51.0 Å². The molecule has 1 spiro atoms. The SMILES string of the molecule is O=C1OC2(CC3CC2CC3OC(=O)C(F)(F)S(=O)(=O)O)Oc2c1ccc(I)c2I. The molecule has 2 aliphatic carbocycles. The first kappa shape index (κ1) is 21.4. The lowest BCUT2D eigenvalue weighted by molar-refractivity contribution is -0.203. The van der Waals surface area contributed by atoms with E-state index in [-0.39, 0.29) is 12.8 Å². The fourth-order valence-corrected chi connectivity index (χ4v) is 5.36. The lowest BCUT2D eigenvalue weighted by Crippen LogP contribution is -2.51. The van der Waals surface area contributed by atoms with E-state index >= 15 is 0 Å². The molecule has 1 aliphatic heterocycles. The first-order valence-corrected chi connectivity index (χ1v) is 11.9. The van der Waals surface area contributed by atoms with Crippen molar-refractivity contribution < 1.29 is 45.6 Å². The molecule has 2 bridgehead atoms. The van der Waals surface area contributed by atoms with E-state index in [0.717, 1.165) is 7.14 Å². The van der Waals surface area contributed by atoms with Crippen molar-refractivity contribution in [1.29, 1.82) is 0 Å². The smallest absolute Gasteiger partial charge is 0.457 e. The van der Waals surface area contributed by atoms with Crippen LogP contribution in [0.25, 0.3) is 0 Å². The Hall–Kier alpha value is -0.810. The molecule has 4 atom stereocenters. The van der Waals surface area contributed by atoms with Crippen LogP contribution in [-0.4, -0.2) is 42.1 Å². The van der Waals surface area contributed by atoms with Crippen LogP contribution in [0.3, 0.4) is 0 Å². The van der Waals surface area contributed by atoms with Gasteiger partial charge in [0.15, 0.2) is 5.75 Å². The van der Waals surface area contributed by atoms with Crippen molar-refractivity contribution in [3.05, 3.63) is 24.8 Å². The van der Waals surface area contributed by atoms with Gasteiger partial charge in [-0.05, 0) is 70.2 Å². The highest BCUT2D eigenvalue weighted by atomic mass is 127. The maximum Gasteiger partial charge on any atom is 0.465 e. The minimum Gasteiger partial charge on any atom is -0.457 e. The fraction of sp³-hybridized carbons (Fsp3) is 0.500. The molecule has 0 aromatic heterocycles. The number of fused-ring (bicyclic) bond motifs is 4. The highest BCUT2D eigenvalue weighted by molar-refractivity contribution is 14.1. The van der Waals surface area contributed by atoms with Gasteiger partial charge in [0.05, 0.1) is 3.57 Å². The summed E-state index contributed by atoms with van der Waals surface area (Å²) in [5.74, 6) is -4.66. The summed E-state index contributed by atoms with van der Waals surface area (Å²) in [7, 11) is -5.94. The molecule has 29 heavy (non-hydrogen) atoms. The summed E-state index contributed by atoms with van der Waals surface area (Å²) >= 11 is 4.17. The zero-order valence-corrected chi connectivity index (χ0v) is 19.4. The molecule has 8 nitrogen and oxygen atoms in total. The molecular weight excluding hydrogens is 644 g/mol. The maximum absolute atomic E-state index is 13.5. The van der Waals surface area contributed by atoms with Gasteiger partial charge >= 0.3 is 27.3 Å². The van der Waals surface area contributed by atoms with Gasteiger partial charge in [-0.25, -0.2) is 9.59 Å². The van der Waals surface area contributed by atoms with Gasteiger partial charge in [0, 0.05) is 21.8 Å². The average Bonchev–Trinajstić information content (AvgIpc) is 3.15. The summed E-state index contributed by atoms with van der Waals surface area (Å²) < 4.78 is 74.8. The van der Waals surface area contributed by atoms with E-state index in [1.807, 2.05) is 0 Å². The van der Waals surface area contributed by atoms with Crippen molar-refractivity contribution in [3.8, 4) is 5.75 Å². The Morgan fingerprint density at radius 2 is 1.97 bits per heavy atom. The molecule has 1 aromatic carbocycles. The van der Waals surface area contributed by atoms with Crippen molar-refractivity contribution >= 4 is 67.2 Å². The predicted molar refractivity (Wildman–Crippen MR) is 108 cm³/mol. The molecule has 4 rings (SSSR count). The van der Waals surface area contributed by atoms with E-state index in [4.69, 9.17) is 14.0 Å². The summed E-state index contributed by atoms with van der Waals surface area (Å²) in [6.07, 6.45) is -0.441. The minimum atomic E-state index is -5.94. The number of carbonyl (C=O) groups is 2.